The molecular formula is C10H10FNO5. The highest BCUT2D eigenvalue weighted by Gasteiger charge is 2.31. The van der Waals surface area contributed by atoms with Crippen LogP contribution in [0.3, 0.4) is 0 Å². The van der Waals surface area contributed by atoms with Crippen molar-refractivity contribution < 1.29 is 24.3 Å². The summed E-state index contributed by atoms with van der Waals surface area (Å²) < 4.78 is 13.3. The van der Waals surface area contributed by atoms with Gasteiger partial charge in [0, 0.05) is 18.6 Å². The van der Waals surface area contributed by atoms with Gasteiger partial charge in [0.2, 0.25) is 0 Å². The number of aliphatic hydroxyl groups is 1. The molecule has 0 aliphatic rings. The number of carboxylic acids is 1. The van der Waals surface area contributed by atoms with Crippen molar-refractivity contribution in [3.63, 3.8) is 0 Å². The van der Waals surface area contributed by atoms with Crippen LogP contribution in [0.1, 0.15) is 12.5 Å². The van der Waals surface area contributed by atoms with Crippen molar-refractivity contribution in [1.29, 1.82) is 0 Å². The number of benzene rings is 1. The molecule has 0 saturated carbocycles. The van der Waals surface area contributed by atoms with Gasteiger partial charge in [-0.05, 0) is 18.6 Å². The summed E-state index contributed by atoms with van der Waals surface area (Å²) in [5, 5.41) is 28.6. The molecule has 0 fully saturated rings. The van der Waals surface area contributed by atoms with E-state index >= 15 is 0 Å². The predicted octanol–water partition coefficient (Wildman–Crippen LogP) is 1.11. The lowest BCUT2D eigenvalue weighted by molar-refractivity contribution is -0.385. The van der Waals surface area contributed by atoms with Crippen molar-refractivity contribution in [1.82, 2.24) is 0 Å². The first-order valence-corrected chi connectivity index (χ1v) is 4.62. The van der Waals surface area contributed by atoms with Gasteiger partial charge in [-0.2, -0.15) is 0 Å². The summed E-state index contributed by atoms with van der Waals surface area (Å²) in [6.45, 7) is 0.994. The monoisotopic (exact) mass is 243 g/mol. The zero-order valence-corrected chi connectivity index (χ0v) is 8.88. The molecular weight excluding hydrogens is 233 g/mol. The average Bonchev–Trinajstić information content (AvgIpc) is 2.20. The molecule has 0 amide bonds. The van der Waals surface area contributed by atoms with Crippen LogP contribution in [-0.2, 0) is 11.2 Å². The molecule has 0 aliphatic heterocycles. The van der Waals surface area contributed by atoms with Gasteiger partial charge >= 0.3 is 5.97 Å². The smallest absolute Gasteiger partial charge is 0.335 e. The van der Waals surface area contributed by atoms with Crippen LogP contribution in [0, 0.1) is 15.9 Å². The largest absolute Gasteiger partial charge is 0.479 e. The van der Waals surface area contributed by atoms with Crippen LogP contribution in [0.4, 0.5) is 10.1 Å². The van der Waals surface area contributed by atoms with E-state index in [1.165, 1.54) is 0 Å². The van der Waals surface area contributed by atoms with Crippen molar-refractivity contribution in [2.75, 3.05) is 0 Å². The number of nitro groups is 1. The number of hydrogen-bond acceptors (Lipinski definition) is 4. The molecule has 1 unspecified atom stereocenters. The van der Waals surface area contributed by atoms with E-state index in [-0.39, 0.29) is 11.3 Å². The fourth-order valence-corrected chi connectivity index (χ4v) is 1.26. The van der Waals surface area contributed by atoms with Crippen LogP contribution in [0.5, 0.6) is 0 Å². The molecule has 1 atom stereocenters. The first-order valence-electron chi connectivity index (χ1n) is 4.62. The molecule has 6 nitrogen and oxygen atoms in total. The van der Waals surface area contributed by atoms with Gasteiger partial charge < -0.3 is 10.2 Å². The minimum absolute atomic E-state index is 0.216. The van der Waals surface area contributed by atoms with E-state index in [9.17, 15) is 24.4 Å². The number of halogens is 1. The van der Waals surface area contributed by atoms with Crippen LogP contribution < -0.4 is 0 Å². The quantitative estimate of drug-likeness (QED) is 0.609. The number of rotatable bonds is 4. The Bertz CT molecular complexity index is 472. The van der Waals surface area contributed by atoms with Crippen LogP contribution in [-0.4, -0.2) is 26.7 Å². The third-order valence-corrected chi connectivity index (χ3v) is 2.24. The lowest BCUT2D eigenvalue weighted by atomic mass is 9.96. The fraction of sp³-hybridized carbons (Fsp3) is 0.300. The maximum absolute atomic E-state index is 13.3. The third-order valence-electron chi connectivity index (χ3n) is 2.24. The molecule has 1 rings (SSSR count). The van der Waals surface area contributed by atoms with E-state index in [0.29, 0.717) is 0 Å². The van der Waals surface area contributed by atoms with Crippen molar-refractivity contribution in [2.45, 2.75) is 18.9 Å². The molecule has 0 spiro atoms. The maximum atomic E-state index is 13.3. The second-order valence-electron chi connectivity index (χ2n) is 3.79. The molecule has 0 saturated heterocycles. The number of aliphatic carboxylic acids is 1. The van der Waals surface area contributed by atoms with Gasteiger partial charge in [-0.15, -0.1) is 0 Å². The van der Waals surface area contributed by atoms with Crippen LogP contribution in [0.2, 0.25) is 0 Å². The van der Waals surface area contributed by atoms with Crippen LogP contribution in [0.25, 0.3) is 0 Å². The van der Waals surface area contributed by atoms with Gasteiger partial charge in [0.1, 0.15) is 5.82 Å². The summed E-state index contributed by atoms with van der Waals surface area (Å²) >= 11 is 0. The Morgan fingerprint density at radius 3 is 2.65 bits per heavy atom. The summed E-state index contributed by atoms with van der Waals surface area (Å²) in [7, 11) is 0. The first kappa shape index (κ1) is 13.0. The van der Waals surface area contributed by atoms with E-state index in [1.807, 2.05) is 0 Å². The van der Waals surface area contributed by atoms with Gasteiger partial charge in [0.15, 0.2) is 5.60 Å². The van der Waals surface area contributed by atoms with Crippen molar-refractivity contribution in [3.8, 4) is 0 Å². The number of nitro benzene ring substituents is 1. The number of non-ortho nitro benzene ring substituents is 1. The number of carboxylic acid groups (broad SMARTS) is 1. The molecule has 7 heteroatoms. The lowest BCUT2D eigenvalue weighted by Gasteiger charge is -2.17. The third kappa shape index (κ3) is 2.97. The summed E-state index contributed by atoms with van der Waals surface area (Å²) in [4.78, 5) is 20.4. The van der Waals surface area contributed by atoms with Crippen LogP contribution in [0.15, 0.2) is 18.2 Å². The SMILES string of the molecule is CC(O)(Cc1cc([N+](=O)[O-])ccc1F)C(=O)O. The molecule has 0 bridgehead atoms. The molecule has 0 radical (unpaired) electrons. The Labute approximate surface area is 95.5 Å². The summed E-state index contributed by atoms with van der Waals surface area (Å²) in [6, 6.07) is 2.74. The maximum Gasteiger partial charge on any atom is 0.335 e. The summed E-state index contributed by atoms with van der Waals surface area (Å²) in [5.74, 6) is -2.32. The molecule has 0 heterocycles. The number of nitrogens with zero attached hydrogens (tertiary/aromatic N) is 1. The zero-order chi connectivity index (χ0) is 13.2. The number of hydrogen-bond donors (Lipinski definition) is 2. The minimum Gasteiger partial charge on any atom is -0.479 e. The zero-order valence-electron chi connectivity index (χ0n) is 8.88. The van der Waals surface area contributed by atoms with Crippen molar-refractivity contribution in [2.24, 2.45) is 0 Å². The number of carbonyl (C=O) groups is 1. The van der Waals surface area contributed by atoms with Crippen LogP contribution >= 0.6 is 0 Å². The van der Waals surface area contributed by atoms with E-state index in [1.54, 1.807) is 0 Å². The van der Waals surface area contributed by atoms with Crippen molar-refractivity contribution in [3.05, 3.63) is 39.7 Å². The standard InChI is InChI=1S/C10H10FNO5/c1-10(15,9(13)14)5-6-4-7(12(16)17)2-3-8(6)11/h2-4,15H,5H2,1H3,(H,13,14). The average molecular weight is 243 g/mol. The second kappa shape index (κ2) is 4.46. The highest BCUT2D eigenvalue weighted by Crippen LogP contribution is 2.21. The van der Waals surface area contributed by atoms with Gasteiger partial charge in [0.25, 0.3) is 5.69 Å². The highest BCUT2D eigenvalue weighted by molar-refractivity contribution is 5.77. The molecule has 92 valence electrons. The van der Waals surface area contributed by atoms with Gasteiger partial charge in [-0.3, -0.25) is 10.1 Å². The molecule has 17 heavy (non-hydrogen) atoms. The molecule has 1 aromatic carbocycles. The predicted molar refractivity (Wildman–Crippen MR) is 55.0 cm³/mol. The first-order chi connectivity index (χ1) is 7.74. The minimum atomic E-state index is -2.17. The fourth-order valence-electron chi connectivity index (χ4n) is 1.26. The second-order valence-corrected chi connectivity index (χ2v) is 3.79. The Hall–Kier alpha value is -2.02. The Kier molecular flexibility index (Phi) is 3.42. The molecule has 0 aromatic heterocycles. The van der Waals surface area contributed by atoms with E-state index in [0.717, 1.165) is 25.1 Å². The topological polar surface area (TPSA) is 101 Å². The highest BCUT2D eigenvalue weighted by atomic mass is 19.1. The molecule has 0 aliphatic carbocycles. The van der Waals surface area contributed by atoms with E-state index in [2.05, 4.69) is 0 Å². The van der Waals surface area contributed by atoms with E-state index in [4.69, 9.17) is 5.11 Å². The van der Waals surface area contributed by atoms with Gasteiger partial charge in [-0.1, -0.05) is 0 Å². The van der Waals surface area contributed by atoms with E-state index < -0.39 is 28.7 Å². The summed E-state index contributed by atoms with van der Waals surface area (Å²) in [6.07, 6.45) is -0.546. The normalized spacial score (nSPS) is 14.1. The van der Waals surface area contributed by atoms with Gasteiger partial charge in [-0.25, -0.2) is 9.18 Å². The molecule has 2 N–H and O–H groups in total. The Morgan fingerprint density at radius 1 is 1.59 bits per heavy atom. The summed E-state index contributed by atoms with van der Waals surface area (Å²) in [5.41, 5.74) is -2.75. The molecule has 1 aromatic rings. The Morgan fingerprint density at radius 2 is 2.18 bits per heavy atom. The van der Waals surface area contributed by atoms with Crippen molar-refractivity contribution >= 4 is 11.7 Å². The lowest BCUT2D eigenvalue weighted by Crippen LogP contribution is -2.37. The Balaban J connectivity index is 3.10. The van der Waals surface area contributed by atoms with Gasteiger partial charge in [0.05, 0.1) is 4.92 Å².